The van der Waals surface area contributed by atoms with Gasteiger partial charge in [-0.15, -0.1) is 39.7 Å². The van der Waals surface area contributed by atoms with E-state index >= 15 is 0 Å². The number of hydrogen-bond acceptors (Lipinski definition) is 21. The quantitative estimate of drug-likeness (QED) is 0.0142. The number of nitrogens with one attached hydrogen (secondary N) is 5. The molecule has 0 amide bonds. The van der Waals surface area contributed by atoms with Crippen LogP contribution in [0, 0.1) is 11.8 Å². The highest BCUT2D eigenvalue weighted by molar-refractivity contribution is 9.93. The molecule has 7 N–H and O–H groups in total. The molecule has 712 valence electrons. The van der Waals surface area contributed by atoms with Gasteiger partial charge in [0.2, 0.25) is 0 Å². The third-order valence-electron chi connectivity index (χ3n) is 15.1. The molecule has 0 unspecified atom stereocenters. The number of pyridine rings is 2. The first-order valence-corrected chi connectivity index (χ1v) is 51.8. The Morgan fingerprint density at radius 3 is 0.862 bits per heavy atom. The molecule has 57 heteroatoms. The van der Waals surface area contributed by atoms with Crippen molar-refractivity contribution < 1.29 is 127 Å². The lowest BCUT2D eigenvalue weighted by molar-refractivity contribution is -0.0435. The Morgan fingerprint density at radius 2 is 0.631 bits per heavy atom. The van der Waals surface area contributed by atoms with Crippen LogP contribution < -0.4 is 29.3 Å². The van der Waals surface area contributed by atoms with E-state index in [9.17, 15) is 127 Å². The third kappa shape index (κ3) is 35.1. The highest BCUT2D eigenvalue weighted by atomic mass is 80.9. The van der Waals surface area contributed by atoms with Crippen molar-refractivity contribution in [2.24, 2.45) is 11.8 Å². The fourth-order valence-electron chi connectivity index (χ4n) is 9.41. The summed E-state index contributed by atoms with van der Waals surface area (Å²) in [5.74, 6) is -0.260. The van der Waals surface area contributed by atoms with Gasteiger partial charge in [-0.3, -0.25) is 52.8 Å². The summed E-state index contributed by atoms with van der Waals surface area (Å²) in [5, 5.41) is 5.15. The summed E-state index contributed by atoms with van der Waals surface area (Å²) in [7, 11) is -27.5. The molecule has 0 saturated carbocycles. The summed E-state index contributed by atoms with van der Waals surface area (Å²) in [6.45, 7) is 11.1. The predicted octanol–water partition coefficient (Wildman–Crippen LogP) is 25.5. The monoisotopic (exact) mass is 2420 g/mol. The standard InChI is InChI=1S/2C19H17ClF3N3O2S2.2C9H6BrClF3NO3S.C9H7ClF3NO3S.C8H8ClNO.Br2.BrH/c2*1-11(2)7-14-8-12(5-6-24-14)18-25-17(10-29-18)15-4-3-13(9-16(15)20)26-30(27,28)19(21,22)23;2*10-4-8(16)6-2-1-5(3-7(6)11)15-19(17,18)9(12,13)14;1-5(15)7-3-2-6(4-8(7)10)14-18(16,17)9(11,12)13;1-5(11)7-3-2-6(10)4-8(7)9;1-2;/h2*3-6,8-11,26H,7H2,1-2H3;2*1-3,15H,4H2;2-4,14H,1H3;2-4H,10H2,1H3;;1H. The molecule has 0 spiro atoms. The second kappa shape index (κ2) is 49.6. The Labute approximate surface area is 813 Å². The summed E-state index contributed by atoms with van der Waals surface area (Å²) in [6.07, 6.45) is 5.13. The number of halogens is 26. The topological polar surface area (TPSA) is 377 Å². The fraction of sp³-hybridized carbons (Fsp3) is 0.233. The number of alkyl halides is 17. The van der Waals surface area contributed by atoms with Crippen LogP contribution in [0.5, 0.6) is 0 Å². The van der Waals surface area contributed by atoms with E-state index < -0.39 is 77.7 Å². The van der Waals surface area contributed by atoms with Crippen LogP contribution in [0.1, 0.15) is 94.4 Å². The molecule has 0 bridgehead atoms. The maximum atomic E-state index is 12.5. The summed E-state index contributed by atoms with van der Waals surface area (Å²) in [4.78, 5) is 62.4. The number of carbonyl (C=O) groups is 4. The van der Waals surface area contributed by atoms with Crippen molar-refractivity contribution in [3.63, 3.8) is 0 Å². The molecule has 0 aliphatic rings. The van der Waals surface area contributed by atoms with E-state index in [0.29, 0.717) is 50.6 Å². The molecule has 4 heterocycles. The van der Waals surface area contributed by atoms with Crippen LogP contribution >= 0.6 is 169 Å². The molecule has 0 atom stereocenters. The summed E-state index contributed by atoms with van der Waals surface area (Å²) in [5.41, 5.74) is -16.3. The smallest absolute Gasteiger partial charge is 0.399 e. The zero-order chi connectivity index (χ0) is 98.5. The number of ketones is 4. The van der Waals surface area contributed by atoms with E-state index in [1.54, 1.807) is 41.4 Å². The van der Waals surface area contributed by atoms with Crippen LogP contribution in [0.15, 0.2) is 157 Å². The van der Waals surface area contributed by atoms with E-state index in [1.807, 2.05) is 24.3 Å². The van der Waals surface area contributed by atoms with Gasteiger partial charge in [-0.25, -0.2) is 9.97 Å². The highest BCUT2D eigenvalue weighted by Crippen LogP contribution is 2.40. The zero-order valence-electron chi connectivity index (χ0n) is 65.8. The van der Waals surface area contributed by atoms with Crippen molar-refractivity contribution in [3.8, 4) is 43.7 Å². The lowest BCUT2D eigenvalue weighted by Gasteiger charge is -2.11. The Bertz CT molecular complexity index is 6010. The lowest BCUT2D eigenvalue weighted by atomic mass is 10.1. The highest BCUT2D eigenvalue weighted by Gasteiger charge is 2.49. The predicted molar refractivity (Wildman–Crippen MR) is 496 cm³/mol. The van der Waals surface area contributed by atoms with Crippen LogP contribution in [0.2, 0.25) is 30.1 Å². The lowest BCUT2D eigenvalue weighted by Crippen LogP contribution is -2.29. The fourth-order valence-corrected chi connectivity index (χ4v) is 16.2. The Kier molecular flexibility index (Phi) is 44.8. The number of aromatic nitrogens is 4. The molecule has 0 radical (unpaired) electrons. The molecule has 0 fully saturated rings. The molecule has 24 nitrogen and oxygen atoms in total. The summed E-state index contributed by atoms with van der Waals surface area (Å²) in [6, 6.07) is 29.3. The molecule has 0 saturated heterocycles. The normalized spacial score (nSPS) is 11.9. The number of rotatable bonds is 24. The largest absolute Gasteiger partial charge is 0.516 e. The number of hydrogen-bond donors (Lipinski definition) is 6. The minimum atomic E-state index is -5.52. The van der Waals surface area contributed by atoms with Crippen LogP contribution in [-0.2, 0) is 63.0 Å². The van der Waals surface area contributed by atoms with Crippen molar-refractivity contribution in [3.05, 3.63) is 220 Å². The Morgan fingerprint density at radius 1 is 0.385 bits per heavy atom. The number of nitrogen functional groups attached to an aromatic ring is 1. The molecular weight excluding hydrogens is 2360 g/mol. The third-order valence-corrected chi connectivity index (χ3v) is 25.4. The number of carbonyl (C=O) groups excluding carboxylic acids is 4. The molecular formula is C73H62Br5Cl6F15N10O14S7. The van der Waals surface area contributed by atoms with Crippen LogP contribution in [-0.4, -0.2) is 123 Å². The van der Waals surface area contributed by atoms with E-state index in [4.69, 9.17) is 75.3 Å². The number of benzene rings is 6. The first-order chi connectivity index (χ1) is 59.2. The number of anilines is 6. The molecule has 10 aromatic rings. The van der Waals surface area contributed by atoms with E-state index in [0.717, 1.165) is 112 Å². The van der Waals surface area contributed by atoms with Crippen molar-refractivity contribution >= 4 is 277 Å². The van der Waals surface area contributed by atoms with Gasteiger partial charge < -0.3 is 5.73 Å². The summed E-state index contributed by atoms with van der Waals surface area (Å²) >= 11 is 49.2. The summed E-state index contributed by atoms with van der Waals surface area (Å²) < 4.78 is 301. The number of sulfonamides is 5. The van der Waals surface area contributed by atoms with Gasteiger partial charge in [0.05, 0.1) is 80.6 Å². The SMILES string of the molecule is Br.BrBr.CC(=O)c1ccc(N)cc1Cl.CC(=O)c1ccc(NS(=O)(=O)C(F)(F)F)cc1Cl.CC(C)Cc1cc(-c2nc(-c3ccc(NS(=O)(=O)C(F)(F)F)cc3Cl)cs2)ccn1.CC(C)Cc1cc(-c2nc(-c3ccc(NS(=O)(=O)C(F)(F)F)cc3Cl)cs2)ccn1.O=C(CBr)c1ccc(NS(=O)(=O)C(F)(F)F)cc1Cl.O=C(CBr)c1ccc(NS(=O)(=O)C(F)(F)F)cc1Cl. The van der Waals surface area contributed by atoms with Gasteiger partial charge in [0.25, 0.3) is 0 Å². The van der Waals surface area contributed by atoms with Crippen molar-refractivity contribution in [2.45, 2.75) is 81.9 Å². The van der Waals surface area contributed by atoms with E-state index in [2.05, 4.69) is 108 Å². The van der Waals surface area contributed by atoms with Gasteiger partial charge in [-0.05, 0) is 172 Å². The molecule has 4 aromatic heterocycles. The van der Waals surface area contributed by atoms with Crippen molar-refractivity contribution in [2.75, 3.05) is 40.0 Å². The number of Topliss-reactive ketones (excluding diaryl/α,β-unsaturated/α-hetero) is 4. The van der Waals surface area contributed by atoms with Gasteiger partial charge in [-0.2, -0.15) is 108 Å². The van der Waals surface area contributed by atoms with Crippen LogP contribution in [0.3, 0.4) is 0 Å². The van der Waals surface area contributed by atoms with Crippen LogP contribution in [0.4, 0.5) is 100.0 Å². The molecule has 0 aliphatic heterocycles. The Hall–Kier alpha value is -6.80. The number of thiazole rings is 2. The minimum absolute atomic E-state index is 0. The maximum absolute atomic E-state index is 12.5. The number of nitrogens with zero attached hydrogens (tertiary/aromatic N) is 4. The molecule has 10 rings (SSSR count). The average molecular weight is 2430 g/mol. The zero-order valence-corrected chi connectivity index (χ0v) is 84.1. The van der Waals surface area contributed by atoms with Gasteiger partial charge in [0.15, 0.2) is 23.1 Å². The second-order valence-electron chi connectivity index (χ2n) is 26.0. The molecule has 0 aliphatic carbocycles. The van der Waals surface area contributed by atoms with E-state index in [-0.39, 0.29) is 121 Å². The first-order valence-electron chi connectivity index (χ1n) is 34.4. The first kappa shape index (κ1) is 117. The minimum Gasteiger partial charge on any atom is -0.399 e. The second-order valence-corrected chi connectivity index (χ2v) is 39.7. The molecule has 6 aromatic carbocycles. The Balaban J connectivity index is 0.000000410. The number of nitrogens with two attached hydrogens (primary N) is 1. The molecule has 130 heavy (non-hydrogen) atoms. The van der Waals surface area contributed by atoms with Gasteiger partial charge in [0.1, 0.15) is 10.0 Å². The van der Waals surface area contributed by atoms with Gasteiger partial charge >= 0.3 is 77.7 Å². The average Bonchev–Trinajstić information content (AvgIpc) is 1.65. The van der Waals surface area contributed by atoms with Gasteiger partial charge in [0, 0.05) is 113 Å². The van der Waals surface area contributed by atoms with Crippen molar-refractivity contribution in [1.82, 2.24) is 19.9 Å². The maximum Gasteiger partial charge on any atom is 0.516 e. The van der Waals surface area contributed by atoms with Crippen LogP contribution in [0.25, 0.3) is 43.7 Å². The van der Waals surface area contributed by atoms with Gasteiger partial charge in [-0.1, -0.05) is 129 Å². The van der Waals surface area contributed by atoms with E-state index in [1.165, 1.54) is 84.4 Å². The van der Waals surface area contributed by atoms with Crippen molar-refractivity contribution in [1.29, 1.82) is 0 Å².